The van der Waals surface area contributed by atoms with Gasteiger partial charge in [-0.05, 0) is 56.5 Å². The van der Waals surface area contributed by atoms with Gasteiger partial charge in [0.25, 0.3) is 5.91 Å². The highest BCUT2D eigenvalue weighted by Gasteiger charge is 2.31. The minimum atomic E-state index is -3.74. The van der Waals surface area contributed by atoms with E-state index in [0.717, 1.165) is 19.3 Å². The zero-order chi connectivity index (χ0) is 25.2. The third kappa shape index (κ3) is 5.23. The first kappa shape index (κ1) is 24.9. The fraction of sp³-hybridized carbons (Fsp3) is 0.400. The van der Waals surface area contributed by atoms with Gasteiger partial charge in [-0.1, -0.05) is 24.6 Å². The molecular weight excluding hydrogens is 470 g/mol. The molecule has 2 aliphatic heterocycles. The highest BCUT2D eigenvalue weighted by Crippen LogP contribution is 2.31. The number of sulfonamides is 1. The first-order valence-corrected chi connectivity index (χ1v) is 13.1. The van der Waals surface area contributed by atoms with Gasteiger partial charge in [0.1, 0.15) is 0 Å². The summed E-state index contributed by atoms with van der Waals surface area (Å²) in [6, 6.07) is 10.9. The molecule has 2 amide bonds. The summed E-state index contributed by atoms with van der Waals surface area (Å²) in [4.78, 5) is 39.5. The fourth-order valence-corrected chi connectivity index (χ4v) is 6.27. The number of para-hydroxylation sites is 2. The molecule has 0 saturated carbocycles. The van der Waals surface area contributed by atoms with Gasteiger partial charge >= 0.3 is 5.97 Å². The summed E-state index contributed by atoms with van der Waals surface area (Å²) in [5, 5.41) is 2.78. The van der Waals surface area contributed by atoms with Crippen molar-refractivity contribution < 1.29 is 27.5 Å². The minimum Gasteiger partial charge on any atom is -0.452 e. The van der Waals surface area contributed by atoms with Crippen molar-refractivity contribution in [3.8, 4) is 0 Å². The molecule has 35 heavy (non-hydrogen) atoms. The van der Waals surface area contributed by atoms with Gasteiger partial charge in [0.2, 0.25) is 15.9 Å². The Morgan fingerprint density at radius 3 is 2.54 bits per heavy atom. The smallest absolute Gasteiger partial charge is 0.338 e. The molecule has 0 unspecified atom stereocenters. The number of rotatable bonds is 5. The number of piperidine rings is 1. The fourth-order valence-electron chi connectivity index (χ4n) is 4.50. The van der Waals surface area contributed by atoms with Crippen LogP contribution in [0.1, 0.15) is 48.5 Å². The largest absolute Gasteiger partial charge is 0.452 e. The topological polar surface area (TPSA) is 113 Å². The number of anilines is 2. The Hall–Kier alpha value is -3.24. The molecule has 9 nitrogen and oxygen atoms in total. The molecule has 10 heteroatoms. The van der Waals surface area contributed by atoms with Crippen LogP contribution in [0.4, 0.5) is 11.4 Å². The van der Waals surface area contributed by atoms with Crippen molar-refractivity contribution in [1.29, 1.82) is 0 Å². The molecule has 0 bridgehead atoms. The Morgan fingerprint density at radius 2 is 1.80 bits per heavy atom. The van der Waals surface area contributed by atoms with Crippen LogP contribution >= 0.6 is 0 Å². The molecule has 2 heterocycles. The molecule has 1 atom stereocenters. The SMILES string of the molecule is Cc1ccc(C(=O)OCC(=O)N2c3ccccc3NC(=O)C[C@@H]2C)cc1S(=O)(=O)N1CCCCC1. The van der Waals surface area contributed by atoms with Crippen LogP contribution in [0.5, 0.6) is 0 Å². The van der Waals surface area contributed by atoms with E-state index in [1.165, 1.54) is 21.3 Å². The number of amides is 2. The van der Waals surface area contributed by atoms with Gasteiger partial charge in [0.05, 0.1) is 21.8 Å². The van der Waals surface area contributed by atoms with E-state index in [9.17, 15) is 22.8 Å². The number of carbonyl (C=O) groups excluding carboxylic acids is 3. The second-order valence-corrected chi connectivity index (χ2v) is 10.8. The summed E-state index contributed by atoms with van der Waals surface area (Å²) in [7, 11) is -3.74. The normalized spacial score (nSPS) is 18.9. The highest BCUT2D eigenvalue weighted by molar-refractivity contribution is 7.89. The summed E-state index contributed by atoms with van der Waals surface area (Å²) in [5.74, 6) is -1.49. The summed E-state index contributed by atoms with van der Waals surface area (Å²) < 4.78 is 33.0. The molecule has 2 aromatic carbocycles. The van der Waals surface area contributed by atoms with Gasteiger partial charge in [0, 0.05) is 25.6 Å². The van der Waals surface area contributed by atoms with Crippen molar-refractivity contribution >= 4 is 39.2 Å². The average Bonchev–Trinajstić information content (AvgIpc) is 2.97. The Balaban J connectivity index is 1.50. The Labute approximate surface area is 205 Å². The van der Waals surface area contributed by atoms with Crippen molar-refractivity contribution in [2.24, 2.45) is 0 Å². The van der Waals surface area contributed by atoms with Gasteiger partial charge in [-0.15, -0.1) is 0 Å². The van der Waals surface area contributed by atoms with Crippen LogP contribution in [0.25, 0.3) is 0 Å². The molecule has 1 N–H and O–H groups in total. The van der Waals surface area contributed by atoms with Gasteiger partial charge < -0.3 is 15.0 Å². The molecule has 0 radical (unpaired) electrons. The lowest BCUT2D eigenvalue weighted by Crippen LogP contribution is -2.41. The van der Waals surface area contributed by atoms with E-state index in [2.05, 4.69) is 5.32 Å². The van der Waals surface area contributed by atoms with E-state index < -0.39 is 34.5 Å². The number of carbonyl (C=O) groups is 3. The minimum absolute atomic E-state index is 0.0557. The van der Waals surface area contributed by atoms with E-state index in [1.54, 1.807) is 44.2 Å². The maximum Gasteiger partial charge on any atom is 0.338 e. The van der Waals surface area contributed by atoms with Gasteiger partial charge in [-0.25, -0.2) is 13.2 Å². The number of hydrogen-bond donors (Lipinski definition) is 1. The standard InChI is InChI=1S/C25H29N3O6S/c1-17-10-11-19(15-22(17)35(32,33)27-12-6-3-7-13-27)25(31)34-16-24(30)28-18(2)14-23(29)26-20-8-4-5-9-21(20)28/h4-5,8-11,15,18H,3,6-7,12-14,16H2,1-2H3,(H,26,29)/t18-/m0/s1. The van der Waals surface area contributed by atoms with Gasteiger partial charge in [-0.2, -0.15) is 4.31 Å². The maximum absolute atomic E-state index is 13.1. The van der Waals surface area contributed by atoms with Crippen molar-refractivity contribution in [2.45, 2.75) is 50.5 Å². The highest BCUT2D eigenvalue weighted by atomic mass is 32.2. The summed E-state index contributed by atoms with van der Waals surface area (Å²) in [6.07, 6.45) is 2.71. The van der Waals surface area contributed by atoms with Crippen molar-refractivity contribution in [1.82, 2.24) is 4.31 Å². The van der Waals surface area contributed by atoms with Crippen LogP contribution in [0, 0.1) is 6.92 Å². The summed E-state index contributed by atoms with van der Waals surface area (Å²) >= 11 is 0. The third-order valence-corrected chi connectivity index (χ3v) is 8.35. The number of aryl methyl sites for hydroxylation is 1. The first-order chi connectivity index (χ1) is 16.7. The molecule has 4 rings (SSSR count). The number of ether oxygens (including phenoxy) is 1. The van der Waals surface area contributed by atoms with Crippen LogP contribution in [0.15, 0.2) is 47.4 Å². The van der Waals surface area contributed by atoms with E-state index in [-0.39, 0.29) is 22.8 Å². The third-order valence-electron chi connectivity index (χ3n) is 6.31. The predicted molar refractivity (Wildman–Crippen MR) is 131 cm³/mol. The molecular formula is C25H29N3O6S. The van der Waals surface area contributed by atoms with Crippen LogP contribution in [-0.2, 0) is 24.3 Å². The Bertz CT molecular complexity index is 1250. The Morgan fingerprint density at radius 1 is 1.09 bits per heavy atom. The van der Waals surface area contributed by atoms with E-state index in [1.807, 2.05) is 0 Å². The van der Waals surface area contributed by atoms with Crippen LogP contribution in [-0.4, -0.2) is 56.2 Å². The van der Waals surface area contributed by atoms with Crippen molar-refractivity contribution in [3.63, 3.8) is 0 Å². The van der Waals surface area contributed by atoms with Crippen LogP contribution in [0.2, 0.25) is 0 Å². The molecule has 0 aromatic heterocycles. The summed E-state index contributed by atoms with van der Waals surface area (Å²) in [5.41, 5.74) is 1.63. The number of nitrogens with one attached hydrogen (secondary N) is 1. The number of esters is 1. The monoisotopic (exact) mass is 499 g/mol. The average molecular weight is 500 g/mol. The first-order valence-electron chi connectivity index (χ1n) is 11.7. The lowest BCUT2D eigenvalue weighted by atomic mass is 10.1. The molecule has 0 aliphatic carbocycles. The summed E-state index contributed by atoms with van der Waals surface area (Å²) in [6.45, 7) is 3.80. The van der Waals surface area contributed by atoms with Gasteiger partial charge in [0.15, 0.2) is 6.61 Å². The molecule has 0 spiro atoms. The number of fused-ring (bicyclic) bond motifs is 1. The number of hydrogen-bond acceptors (Lipinski definition) is 6. The van der Waals surface area contributed by atoms with Crippen LogP contribution in [0.3, 0.4) is 0 Å². The molecule has 1 saturated heterocycles. The van der Waals surface area contributed by atoms with E-state index in [4.69, 9.17) is 4.74 Å². The predicted octanol–water partition coefficient (Wildman–Crippen LogP) is 3.09. The van der Waals surface area contributed by atoms with Crippen LogP contribution < -0.4 is 10.2 Å². The molecule has 1 fully saturated rings. The second kappa shape index (κ2) is 10.2. The molecule has 2 aliphatic rings. The number of benzene rings is 2. The zero-order valence-electron chi connectivity index (χ0n) is 19.8. The second-order valence-electron chi connectivity index (χ2n) is 8.90. The number of nitrogens with zero attached hydrogens (tertiary/aromatic N) is 2. The molecule has 186 valence electrons. The van der Waals surface area contributed by atoms with Crippen molar-refractivity contribution in [2.75, 3.05) is 29.9 Å². The lowest BCUT2D eigenvalue weighted by molar-refractivity contribution is -0.122. The Kier molecular flexibility index (Phi) is 7.23. The molecule has 2 aromatic rings. The van der Waals surface area contributed by atoms with E-state index in [0.29, 0.717) is 30.0 Å². The van der Waals surface area contributed by atoms with Crippen molar-refractivity contribution in [3.05, 3.63) is 53.6 Å². The maximum atomic E-state index is 13.1. The zero-order valence-corrected chi connectivity index (χ0v) is 20.6. The van der Waals surface area contributed by atoms with Gasteiger partial charge in [-0.3, -0.25) is 9.59 Å². The van der Waals surface area contributed by atoms with E-state index >= 15 is 0 Å². The lowest BCUT2D eigenvalue weighted by Gasteiger charge is -2.27. The quantitative estimate of drug-likeness (QED) is 0.633.